The number of ether oxygens (including phenoxy) is 3. The van der Waals surface area contributed by atoms with Gasteiger partial charge in [-0.25, -0.2) is 0 Å². The van der Waals surface area contributed by atoms with Crippen LogP contribution >= 0.6 is 0 Å². The zero-order valence-corrected chi connectivity index (χ0v) is 54.5. The molecule has 0 amide bonds. The van der Waals surface area contributed by atoms with Crippen LogP contribution in [0.3, 0.4) is 0 Å². The van der Waals surface area contributed by atoms with Crippen molar-refractivity contribution in [3.63, 3.8) is 0 Å². The molecule has 0 N–H and O–H groups in total. The highest BCUT2D eigenvalue weighted by atomic mass is 16.6. The van der Waals surface area contributed by atoms with Crippen LogP contribution in [-0.2, 0) is 28.6 Å². The van der Waals surface area contributed by atoms with E-state index >= 15 is 0 Å². The van der Waals surface area contributed by atoms with Gasteiger partial charge in [-0.05, 0) is 96.3 Å². The fourth-order valence-corrected chi connectivity index (χ4v) is 10.3. The van der Waals surface area contributed by atoms with Crippen LogP contribution < -0.4 is 0 Å². The lowest BCUT2D eigenvalue weighted by Crippen LogP contribution is -2.30. The minimum atomic E-state index is -0.781. The van der Waals surface area contributed by atoms with E-state index in [1.54, 1.807) is 0 Å². The van der Waals surface area contributed by atoms with Crippen molar-refractivity contribution in [3.8, 4) is 0 Å². The van der Waals surface area contributed by atoms with Crippen molar-refractivity contribution >= 4 is 17.9 Å². The predicted molar refractivity (Wildman–Crippen MR) is 358 cm³/mol. The maximum atomic E-state index is 13.0. The van der Waals surface area contributed by atoms with Crippen molar-refractivity contribution in [2.45, 2.75) is 367 Å². The summed E-state index contributed by atoms with van der Waals surface area (Å²) in [5.41, 5.74) is 0. The minimum Gasteiger partial charge on any atom is -0.462 e. The third-order valence-corrected chi connectivity index (χ3v) is 15.6. The second-order valence-corrected chi connectivity index (χ2v) is 23.8. The Balaban J connectivity index is 4.34. The SMILES string of the molecule is CC/C=C\C/C=C\C/C=C\C/C=C\C/C=C\CCCCCCCCCCCC(=O)OCC(COC(=O)CCCCCCCCCCCCCCCCCC)OC(=O)CCCCCCCCCCCCC/C=C\C/C=C\CCCCCCC. The molecule has 6 heteroatoms. The van der Waals surface area contributed by atoms with Gasteiger partial charge in [0.2, 0.25) is 0 Å². The van der Waals surface area contributed by atoms with Gasteiger partial charge >= 0.3 is 17.9 Å². The molecule has 0 aromatic heterocycles. The summed E-state index contributed by atoms with van der Waals surface area (Å²) in [7, 11) is 0. The van der Waals surface area contributed by atoms with Crippen molar-refractivity contribution in [1.29, 1.82) is 0 Å². The summed E-state index contributed by atoms with van der Waals surface area (Å²) >= 11 is 0. The molecule has 0 fully saturated rings. The number of hydrogen-bond acceptors (Lipinski definition) is 6. The molecule has 0 aliphatic carbocycles. The molecule has 474 valence electrons. The van der Waals surface area contributed by atoms with E-state index < -0.39 is 6.10 Å². The van der Waals surface area contributed by atoms with E-state index in [0.29, 0.717) is 19.3 Å². The number of hydrogen-bond donors (Lipinski definition) is 0. The quantitative estimate of drug-likeness (QED) is 0.0261. The molecule has 82 heavy (non-hydrogen) atoms. The van der Waals surface area contributed by atoms with Gasteiger partial charge in [-0.15, -0.1) is 0 Å². The first-order chi connectivity index (χ1) is 40.5. The summed E-state index contributed by atoms with van der Waals surface area (Å²) in [6, 6.07) is 0. The van der Waals surface area contributed by atoms with Gasteiger partial charge in [0.1, 0.15) is 13.2 Å². The maximum Gasteiger partial charge on any atom is 0.306 e. The lowest BCUT2D eigenvalue weighted by Gasteiger charge is -2.18. The van der Waals surface area contributed by atoms with Crippen LogP contribution in [0.15, 0.2) is 85.1 Å². The standard InChI is InChI=1S/C76H134O6/c1-4-7-10-13-16-19-22-25-28-31-33-35-37-38-40-41-43-45-48-51-54-57-60-63-66-69-75(78)81-72-73(71-80-74(77)68-65-62-59-56-53-50-47-30-27-24-21-18-15-12-9-6-3)82-76(79)70-67-64-61-58-55-52-49-46-44-42-39-36-34-32-29-26-23-20-17-14-11-8-5-2/h7,10,16,19,23,25-26,28,32-35,38,40,73H,4-6,8-9,11-15,17-18,20-22,24,27,29-31,36-37,39,41-72H2,1-3H3/b10-7-,19-16-,26-23-,28-25-,34-32-,35-33-,40-38-. The van der Waals surface area contributed by atoms with Gasteiger partial charge in [-0.1, -0.05) is 331 Å². The first-order valence-electron chi connectivity index (χ1n) is 35.6. The maximum absolute atomic E-state index is 13.0. The smallest absolute Gasteiger partial charge is 0.306 e. The first-order valence-corrected chi connectivity index (χ1v) is 35.6. The van der Waals surface area contributed by atoms with Crippen molar-refractivity contribution < 1.29 is 28.6 Å². The molecule has 0 heterocycles. The molecule has 6 nitrogen and oxygen atoms in total. The van der Waals surface area contributed by atoms with Crippen LogP contribution in [0.25, 0.3) is 0 Å². The van der Waals surface area contributed by atoms with E-state index in [1.807, 2.05) is 0 Å². The van der Waals surface area contributed by atoms with E-state index in [-0.39, 0.29) is 31.1 Å². The molecule has 0 aromatic carbocycles. The van der Waals surface area contributed by atoms with Crippen LogP contribution in [0.5, 0.6) is 0 Å². The molecule has 0 radical (unpaired) electrons. The van der Waals surface area contributed by atoms with E-state index in [0.717, 1.165) is 103 Å². The molecule has 0 saturated heterocycles. The Morgan fingerprint density at radius 1 is 0.256 bits per heavy atom. The Hall–Kier alpha value is -3.41. The summed E-state index contributed by atoms with van der Waals surface area (Å²) in [5.74, 6) is -0.862. The third-order valence-electron chi connectivity index (χ3n) is 15.6. The van der Waals surface area contributed by atoms with Gasteiger partial charge in [0.15, 0.2) is 6.10 Å². The highest BCUT2D eigenvalue weighted by Crippen LogP contribution is 2.18. The fraction of sp³-hybridized carbons (Fsp3) is 0.776. The summed E-state index contributed by atoms with van der Waals surface area (Å²) in [4.78, 5) is 38.5. The number of allylic oxidation sites excluding steroid dienone is 14. The van der Waals surface area contributed by atoms with Gasteiger partial charge in [-0.2, -0.15) is 0 Å². The summed E-state index contributed by atoms with van der Waals surface area (Å²) in [6.45, 7) is 6.57. The lowest BCUT2D eigenvalue weighted by atomic mass is 10.0. The van der Waals surface area contributed by atoms with Crippen molar-refractivity contribution in [2.75, 3.05) is 13.2 Å². The van der Waals surface area contributed by atoms with Crippen molar-refractivity contribution in [2.24, 2.45) is 0 Å². The van der Waals surface area contributed by atoms with E-state index in [4.69, 9.17) is 14.2 Å². The van der Waals surface area contributed by atoms with Crippen LogP contribution in [0.1, 0.15) is 361 Å². The van der Waals surface area contributed by atoms with E-state index in [9.17, 15) is 14.4 Å². The van der Waals surface area contributed by atoms with Crippen LogP contribution in [0, 0.1) is 0 Å². The number of carbonyl (C=O) groups excluding carboxylic acids is 3. The average molecular weight is 1140 g/mol. The minimum absolute atomic E-state index is 0.0750. The predicted octanol–water partition coefficient (Wildman–Crippen LogP) is 24.6. The summed E-state index contributed by atoms with van der Waals surface area (Å²) in [5, 5.41) is 0. The molecule has 0 aliphatic rings. The Bertz CT molecular complexity index is 1550. The molecule has 0 saturated carbocycles. The highest BCUT2D eigenvalue weighted by Gasteiger charge is 2.19. The van der Waals surface area contributed by atoms with Gasteiger partial charge < -0.3 is 14.2 Å². The number of esters is 3. The van der Waals surface area contributed by atoms with Crippen molar-refractivity contribution in [1.82, 2.24) is 0 Å². The Kier molecular flexibility index (Phi) is 67.2. The molecular formula is C76H134O6. The normalized spacial score (nSPS) is 12.6. The first kappa shape index (κ1) is 78.6. The number of unbranched alkanes of at least 4 members (excludes halogenated alkanes) is 40. The van der Waals surface area contributed by atoms with E-state index in [2.05, 4.69) is 106 Å². The Morgan fingerprint density at radius 3 is 0.744 bits per heavy atom. The summed E-state index contributed by atoms with van der Waals surface area (Å²) in [6.07, 6.45) is 93.1. The second-order valence-electron chi connectivity index (χ2n) is 23.8. The second kappa shape index (κ2) is 70.1. The monoisotopic (exact) mass is 1140 g/mol. The fourth-order valence-electron chi connectivity index (χ4n) is 10.3. The Morgan fingerprint density at radius 2 is 0.476 bits per heavy atom. The van der Waals surface area contributed by atoms with Crippen LogP contribution in [0.2, 0.25) is 0 Å². The molecule has 0 aromatic rings. The van der Waals surface area contributed by atoms with Crippen LogP contribution in [0.4, 0.5) is 0 Å². The van der Waals surface area contributed by atoms with Gasteiger partial charge in [0, 0.05) is 19.3 Å². The lowest BCUT2D eigenvalue weighted by molar-refractivity contribution is -0.167. The topological polar surface area (TPSA) is 78.9 Å². The molecule has 0 spiro atoms. The number of rotatable bonds is 65. The average Bonchev–Trinajstić information content (AvgIpc) is 3.47. The molecule has 0 bridgehead atoms. The van der Waals surface area contributed by atoms with Gasteiger partial charge in [-0.3, -0.25) is 14.4 Å². The molecule has 0 aliphatic heterocycles. The van der Waals surface area contributed by atoms with Gasteiger partial charge in [0.05, 0.1) is 0 Å². The molecule has 1 unspecified atom stereocenters. The summed E-state index contributed by atoms with van der Waals surface area (Å²) < 4.78 is 17.0. The Labute approximate surface area is 509 Å². The number of carbonyl (C=O) groups is 3. The third kappa shape index (κ3) is 67.4. The highest BCUT2D eigenvalue weighted by molar-refractivity contribution is 5.71. The van der Waals surface area contributed by atoms with E-state index in [1.165, 1.54) is 218 Å². The van der Waals surface area contributed by atoms with Gasteiger partial charge in [0.25, 0.3) is 0 Å². The molecule has 0 rings (SSSR count). The zero-order valence-electron chi connectivity index (χ0n) is 54.5. The molecule has 1 atom stereocenters. The van der Waals surface area contributed by atoms with Crippen molar-refractivity contribution in [3.05, 3.63) is 85.1 Å². The largest absolute Gasteiger partial charge is 0.462 e. The molecular weight excluding hydrogens is 1010 g/mol. The zero-order chi connectivity index (χ0) is 59.2. The van der Waals surface area contributed by atoms with Crippen LogP contribution in [-0.4, -0.2) is 37.2 Å².